The maximum absolute atomic E-state index is 11.2. The molecule has 102 valence electrons. The van der Waals surface area contributed by atoms with Crippen molar-refractivity contribution in [1.29, 1.82) is 0 Å². The molecule has 0 spiro atoms. The van der Waals surface area contributed by atoms with Crippen LogP contribution in [0.2, 0.25) is 0 Å². The molecule has 0 aromatic heterocycles. The fourth-order valence-corrected chi connectivity index (χ4v) is 3.12. The van der Waals surface area contributed by atoms with Crippen molar-refractivity contribution in [2.45, 2.75) is 9.79 Å². The SMILES string of the molecule is O=S(=O)(O)c1cccc2c(S(=O)(=O)O)cccc12.[NaH].[NaH].[NaH]. The Balaban J connectivity index is 0. The van der Waals surface area contributed by atoms with Crippen LogP contribution < -0.4 is 0 Å². The monoisotopic (exact) mass is 360 g/mol. The fraction of sp³-hybridized carbons (Fsp3) is 0. The molecule has 6 nitrogen and oxygen atoms in total. The molecule has 0 saturated carbocycles. The summed E-state index contributed by atoms with van der Waals surface area (Å²) in [6.07, 6.45) is 0. The Bertz CT molecular complexity index is 762. The van der Waals surface area contributed by atoms with Gasteiger partial charge in [0, 0.05) is 10.8 Å². The van der Waals surface area contributed by atoms with Crippen LogP contribution in [0, 0.1) is 0 Å². The van der Waals surface area contributed by atoms with Crippen LogP contribution in [-0.2, 0) is 20.2 Å². The van der Waals surface area contributed by atoms with E-state index in [0.717, 1.165) is 12.1 Å². The normalized spacial score (nSPS) is 11.0. The van der Waals surface area contributed by atoms with Crippen molar-refractivity contribution >= 4 is 120 Å². The van der Waals surface area contributed by atoms with Gasteiger partial charge in [-0.25, -0.2) is 0 Å². The summed E-state index contributed by atoms with van der Waals surface area (Å²) in [5, 5.41) is 0.0465. The Labute approximate surface area is 189 Å². The summed E-state index contributed by atoms with van der Waals surface area (Å²) < 4.78 is 62.7. The second kappa shape index (κ2) is 9.12. The van der Waals surface area contributed by atoms with E-state index < -0.39 is 30.0 Å². The predicted octanol–water partition coefficient (Wildman–Crippen LogP) is -0.612. The third kappa shape index (κ3) is 5.82. The molecule has 0 fully saturated rings. The summed E-state index contributed by atoms with van der Waals surface area (Å²) in [5.41, 5.74) is 0. The second-order valence-corrected chi connectivity index (χ2v) is 6.34. The van der Waals surface area contributed by atoms with E-state index in [1.165, 1.54) is 24.3 Å². The number of benzene rings is 2. The molecule has 0 saturated heterocycles. The van der Waals surface area contributed by atoms with E-state index in [0.29, 0.717) is 0 Å². The van der Waals surface area contributed by atoms with Gasteiger partial charge in [0.1, 0.15) is 9.79 Å². The molecule has 0 amide bonds. The molecule has 0 aliphatic rings. The van der Waals surface area contributed by atoms with Gasteiger partial charge in [-0.15, -0.1) is 0 Å². The predicted molar refractivity (Wildman–Crippen MR) is 85.0 cm³/mol. The summed E-state index contributed by atoms with van der Waals surface area (Å²) in [4.78, 5) is -0.823. The molecule has 2 aromatic carbocycles. The van der Waals surface area contributed by atoms with Crippen molar-refractivity contribution in [3.8, 4) is 0 Å². The van der Waals surface area contributed by atoms with Gasteiger partial charge in [0.05, 0.1) is 0 Å². The van der Waals surface area contributed by atoms with E-state index in [4.69, 9.17) is 9.11 Å². The molecule has 2 rings (SSSR count). The van der Waals surface area contributed by atoms with Crippen molar-refractivity contribution in [3.63, 3.8) is 0 Å². The van der Waals surface area contributed by atoms with Crippen LogP contribution in [0.1, 0.15) is 0 Å². The summed E-state index contributed by atoms with van der Waals surface area (Å²) in [6, 6.07) is 7.53. The van der Waals surface area contributed by atoms with Crippen LogP contribution in [0.4, 0.5) is 0 Å². The van der Waals surface area contributed by atoms with Crippen molar-refractivity contribution in [1.82, 2.24) is 0 Å². The molecular formula is C10H11Na3O6S2. The first-order valence-corrected chi connectivity index (χ1v) is 7.56. The van der Waals surface area contributed by atoms with Crippen LogP contribution >= 0.6 is 0 Å². The molecule has 2 N–H and O–H groups in total. The topological polar surface area (TPSA) is 109 Å². The molecule has 0 atom stereocenters. The number of rotatable bonds is 2. The van der Waals surface area contributed by atoms with Crippen LogP contribution in [-0.4, -0.2) is 115 Å². The molecule has 0 heterocycles. The number of hydrogen-bond donors (Lipinski definition) is 2. The van der Waals surface area contributed by atoms with Crippen molar-refractivity contribution in [2.24, 2.45) is 0 Å². The average Bonchev–Trinajstić information content (AvgIpc) is 2.24. The molecule has 0 aliphatic carbocycles. The first-order valence-electron chi connectivity index (χ1n) is 4.68. The summed E-state index contributed by atoms with van der Waals surface area (Å²) >= 11 is 0. The van der Waals surface area contributed by atoms with E-state index in [9.17, 15) is 16.8 Å². The Hall–Kier alpha value is 1.52. The molecule has 0 aliphatic heterocycles. The van der Waals surface area contributed by atoms with Crippen LogP contribution in [0.15, 0.2) is 46.2 Å². The summed E-state index contributed by atoms with van der Waals surface area (Å²) in [7, 11) is -8.94. The van der Waals surface area contributed by atoms with Gasteiger partial charge in [-0.3, -0.25) is 9.11 Å². The first kappa shape index (κ1) is 24.8. The first-order chi connectivity index (χ1) is 8.21. The van der Waals surface area contributed by atoms with Gasteiger partial charge in [-0.1, -0.05) is 24.3 Å². The summed E-state index contributed by atoms with van der Waals surface area (Å²) in [5.74, 6) is 0. The zero-order valence-electron chi connectivity index (χ0n) is 8.81. The van der Waals surface area contributed by atoms with Gasteiger partial charge in [-0.2, -0.15) is 16.8 Å². The molecule has 2 aromatic rings. The van der Waals surface area contributed by atoms with E-state index >= 15 is 0 Å². The van der Waals surface area contributed by atoms with Gasteiger partial charge in [0.2, 0.25) is 0 Å². The van der Waals surface area contributed by atoms with Gasteiger partial charge in [0.25, 0.3) is 20.2 Å². The Morgan fingerprint density at radius 2 is 0.905 bits per heavy atom. The zero-order valence-corrected chi connectivity index (χ0v) is 10.4. The molecule has 0 bridgehead atoms. The Kier molecular flexibility index (Phi) is 10.8. The van der Waals surface area contributed by atoms with E-state index in [-0.39, 0.29) is 99.4 Å². The quantitative estimate of drug-likeness (QED) is 0.546. The van der Waals surface area contributed by atoms with Gasteiger partial charge >= 0.3 is 88.7 Å². The van der Waals surface area contributed by atoms with Gasteiger partial charge < -0.3 is 0 Å². The third-order valence-corrected chi connectivity index (χ3v) is 4.22. The molecular weight excluding hydrogens is 349 g/mol. The van der Waals surface area contributed by atoms with Crippen molar-refractivity contribution in [2.75, 3.05) is 0 Å². The molecule has 0 unspecified atom stereocenters. The van der Waals surface area contributed by atoms with E-state index in [1.54, 1.807) is 0 Å². The second-order valence-electron chi connectivity index (χ2n) is 3.56. The number of fused-ring (bicyclic) bond motifs is 1. The minimum atomic E-state index is -4.47. The Morgan fingerprint density at radius 1 is 0.619 bits per heavy atom. The number of hydrogen-bond acceptors (Lipinski definition) is 4. The third-order valence-electron chi connectivity index (χ3n) is 2.40. The van der Waals surface area contributed by atoms with E-state index in [2.05, 4.69) is 0 Å². The minimum absolute atomic E-state index is 0. The molecule has 0 radical (unpaired) electrons. The van der Waals surface area contributed by atoms with Gasteiger partial charge in [0.15, 0.2) is 0 Å². The maximum atomic E-state index is 11.2. The van der Waals surface area contributed by atoms with Crippen LogP contribution in [0.3, 0.4) is 0 Å². The van der Waals surface area contributed by atoms with Crippen LogP contribution in [0.5, 0.6) is 0 Å². The van der Waals surface area contributed by atoms with E-state index in [1.807, 2.05) is 0 Å². The summed E-state index contributed by atoms with van der Waals surface area (Å²) in [6.45, 7) is 0. The standard InChI is InChI=1S/C10H8O6S2.3Na.3H/c11-17(12,13)9-5-1-3-7-8(9)4-2-6-10(7)18(14,15)16;;;;;;/h1-6H,(H,11,12,13)(H,14,15,16);;;;;;. The fourth-order valence-electron chi connectivity index (χ4n) is 1.70. The van der Waals surface area contributed by atoms with Crippen LogP contribution in [0.25, 0.3) is 10.8 Å². The van der Waals surface area contributed by atoms with Gasteiger partial charge in [-0.05, 0) is 12.1 Å². The Morgan fingerprint density at radius 3 is 1.14 bits per heavy atom. The molecule has 11 heteroatoms. The zero-order chi connectivity index (χ0) is 13.6. The average molecular weight is 360 g/mol. The van der Waals surface area contributed by atoms with Crippen molar-refractivity contribution in [3.05, 3.63) is 36.4 Å². The molecule has 21 heavy (non-hydrogen) atoms. The van der Waals surface area contributed by atoms with Crippen molar-refractivity contribution < 1.29 is 25.9 Å².